The number of rotatable bonds is 5. The van der Waals surface area contributed by atoms with Gasteiger partial charge in [-0.25, -0.2) is 9.78 Å². The molecule has 2 aromatic rings. The zero-order valence-corrected chi connectivity index (χ0v) is 12.2. The third-order valence-corrected chi connectivity index (χ3v) is 2.65. The fraction of sp³-hybridized carbons (Fsp3) is 0.133. The molecule has 0 fully saturated rings. The number of amidine groups is 1. The van der Waals surface area contributed by atoms with Gasteiger partial charge < -0.3 is 15.3 Å². The van der Waals surface area contributed by atoms with Gasteiger partial charge in [-0.2, -0.15) is 13.2 Å². The standard InChI is InChI=1S/C15H12F3N3O3/c16-15(17,18)9-23-12-7-6-11(8-20-12)14(22)24-21-13(19)10-4-2-1-3-5-10/h1-8H,9H2,(H2,19,21). The van der Waals surface area contributed by atoms with Crippen LogP contribution in [0.4, 0.5) is 13.2 Å². The van der Waals surface area contributed by atoms with Gasteiger partial charge in [0.25, 0.3) is 0 Å². The van der Waals surface area contributed by atoms with Crippen molar-refractivity contribution in [2.45, 2.75) is 6.18 Å². The minimum absolute atomic E-state index is 0.00189. The van der Waals surface area contributed by atoms with Crippen LogP contribution in [-0.4, -0.2) is 29.6 Å². The second-order valence-corrected chi connectivity index (χ2v) is 4.51. The maximum Gasteiger partial charge on any atom is 0.422 e. The minimum Gasteiger partial charge on any atom is -0.468 e. The molecule has 0 saturated heterocycles. The normalized spacial score (nSPS) is 11.9. The van der Waals surface area contributed by atoms with Gasteiger partial charge >= 0.3 is 12.1 Å². The largest absolute Gasteiger partial charge is 0.468 e. The Hall–Kier alpha value is -3.10. The van der Waals surface area contributed by atoms with Crippen molar-refractivity contribution < 1.29 is 27.5 Å². The first-order valence-corrected chi connectivity index (χ1v) is 6.61. The molecule has 0 aliphatic rings. The highest BCUT2D eigenvalue weighted by molar-refractivity contribution is 5.98. The maximum absolute atomic E-state index is 12.0. The van der Waals surface area contributed by atoms with Crippen molar-refractivity contribution in [2.75, 3.05) is 6.61 Å². The molecule has 1 heterocycles. The van der Waals surface area contributed by atoms with Crippen LogP contribution in [0.25, 0.3) is 0 Å². The van der Waals surface area contributed by atoms with Gasteiger partial charge in [0.2, 0.25) is 5.88 Å². The van der Waals surface area contributed by atoms with Crippen LogP contribution in [0.2, 0.25) is 0 Å². The highest BCUT2D eigenvalue weighted by Crippen LogP contribution is 2.17. The van der Waals surface area contributed by atoms with Gasteiger partial charge in [0, 0.05) is 17.8 Å². The van der Waals surface area contributed by atoms with Crippen LogP contribution >= 0.6 is 0 Å². The second kappa shape index (κ2) is 7.44. The van der Waals surface area contributed by atoms with E-state index in [1.807, 2.05) is 0 Å². The number of hydrogen-bond donors (Lipinski definition) is 1. The second-order valence-electron chi connectivity index (χ2n) is 4.51. The minimum atomic E-state index is -4.47. The Morgan fingerprint density at radius 3 is 2.42 bits per heavy atom. The van der Waals surface area contributed by atoms with E-state index >= 15 is 0 Å². The van der Waals surface area contributed by atoms with Crippen molar-refractivity contribution in [1.82, 2.24) is 4.98 Å². The summed E-state index contributed by atoms with van der Waals surface area (Å²) in [6.07, 6.45) is -3.45. The van der Waals surface area contributed by atoms with Crippen LogP contribution in [0, 0.1) is 0 Å². The molecule has 24 heavy (non-hydrogen) atoms. The van der Waals surface area contributed by atoms with Gasteiger partial charge in [-0.15, -0.1) is 0 Å². The molecular weight excluding hydrogens is 327 g/mol. The molecule has 0 radical (unpaired) electrons. The number of benzene rings is 1. The summed E-state index contributed by atoms with van der Waals surface area (Å²) in [6, 6.07) is 11.0. The number of alkyl halides is 3. The Morgan fingerprint density at radius 2 is 1.83 bits per heavy atom. The number of carbonyl (C=O) groups excluding carboxylic acids is 1. The Labute approximate surface area is 134 Å². The molecule has 0 saturated carbocycles. The third kappa shape index (κ3) is 5.27. The van der Waals surface area contributed by atoms with Crippen molar-refractivity contribution in [1.29, 1.82) is 0 Å². The number of carbonyl (C=O) groups is 1. The molecule has 2 rings (SSSR count). The zero-order chi connectivity index (χ0) is 17.6. The van der Waals surface area contributed by atoms with E-state index in [2.05, 4.69) is 19.7 Å². The Balaban J connectivity index is 1.95. The van der Waals surface area contributed by atoms with Crippen molar-refractivity contribution in [3.63, 3.8) is 0 Å². The molecule has 126 valence electrons. The summed E-state index contributed by atoms with van der Waals surface area (Å²) in [4.78, 5) is 20.0. The van der Waals surface area contributed by atoms with E-state index in [1.54, 1.807) is 30.3 Å². The van der Waals surface area contributed by atoms with Crippen molar-refractivity contribution in [2.24, 2.45) is 10.9 Å². The molecule has 0 aliphatic heterocycles. The number of hydrogen-bond acceptors (Lipinski definition) is 5. The number of aromatic nitrogens is 1. The first kappa shape index (κ1) is 17.3. The topological polar surface area (TPSA) is 86.8 Å². The lowest BCUT2D eigenvalue weighted by Crippen LogP contribution is -2.19. The van der Waals surface area contributed by atoms with Crippen LogP contribution in [0.1, 0.15) is 15.9 Å². The predicted octanol–water partition coefficient (Wildman–Crippen LogP) is 2.50. The molecular formula is C15H12F3N3O3. The van der Waals surface area contributed by atoms with Crippen LogP contribution in [0.3, 0.4) is 0 Å². The summed E-state index contributed by atoms with van der Waals surface area (Å²) >= 11 is 0. The highest BCUT2D eigenvalue weighted by Gasteiger charge is 2.28. The molecule has 0 bridgehead atoms. The molecule has 0 spiro atoms. The molecule has 0 atom stereocenters. The lowest BCUT2D eigenvalue weighted by molar-refractivity contribution is -0.154. The van der Waals surface area contributed by atoms with Gasteiger partial charge in [-0.3, -0.25) is 0 Å². The summed E-state index contributed by atoms with van der Waals surface area (Å²) in [5.41, 5.74) is 6.21. The molecule has 0 amide bonds. The smallest absolute Gasteiger partial charge is 0.422 e. The molecule has 0 aliphatic carbocycles. The fourth-order valence-corrected chi connectivity index (χ4v) is 1.55. The van der Waals surface area contributed by atoms with Crippen LogP contribution in [-0.2, 0) is 4.84 Å². The molecule has 9 heteroatoms. The predicted molar refractivity (Wildman–Crippen MR) is 78.4 cm³/mol. The van der Waals surface area contributed by atoms with Crippen molar-refractivity contribution in [3.05, 3.63) is 59.8 Å². The highest BCUT2D eigenvalue weighted by atomic mass is 19.4. The summed E-state index contributed by atoms with van der Waals surface area (Å²) in [6.45, 7) is -1.47. The van der Waals surface area contributed by atoms with E-state index in [4.69, 9.17) is 5.73 Å². The lowest BCUT2D eigenvalue weighted by atomic mass is 10.2. The lowest BCUT2D eigenvalue weighted by Gasteiger charge is -2.08. The number of halogens is 3. The maximum atomic E-state index is 12.0. The van der Waals surface area contributed by atoms with Crippen LogP contribution in [0.5, 0.6) is 5.88 Å². The Morgan fingerprint density at radius 1 is 1.12 bits per heavy atom. The van der Waals surface area contributed by atoms with Gasteiger partial charge in [0.05, 0.1) is 5.56 Å². The van der Waals surface area contributed by atoms with Crippen molar-refractivity contribution in [3.8, 4) is 5.88 Å². The molecule has 1 aromatic carbocycles. The number of oxime groups is 1. The van der Waals surface area contributed by atoms with Crippen molar-refractivity contribution >= 4 is 11.8 Å². The van der Waals surface area contributed by atoms with Gasteiger partial charge in [-0.05, 0) is 6.07 Å². The Kier molecular flexibility index (Phi) is 5.35. The van der Waals surface area contributed by atoms with Gasteiger partial charge in [-0.1, -0.05) is 35.5 Å². The SMILES string of the molecule is N/C(=N/OC(=O)c1ccc(OCC(F)(F)F)nc1)c1ccccc1. The summed E-state index contributed by atoms with van der Waals surface area (Å²) in [5, 5.41) is 3.50. The number of pyridine rings is 1. The van der Waals surface area contributed by atoms with E-state index in [0.717, 1.165) is 12.3 Å². The summed E-state index contributed by atoms with van der Waals surface area (Å²) in [7, 11) is 0. The summed E-state index contributed by atoms with van der Waals surface area (Å²) in [5.74, 6) is -1.12. The molecule has 1 aromatic heterocycles. The Bertz CT molecular complexity index is 716. The van der Waals surface area contributed by atoms with E-state index < -0.39 is 18.8 Å². The molecule has 2 N–H and O–H groups in total. The van der Waals surface area contributed by atoms with E-state index in [1.165, 1.54) is 6.07 Å². The van der Waals surface area contributed by atoms with Gasteiger partial charge in [0.1, 0.15) is 0 Å². The van der Waals surface area contributed by atoms with E-state index in [9.17, 15) is 18.0 Å². The first-order chi connectivity index (χ1) is 11.3. The number of nitrogens with zero attached hydrogens (tertiary/aromatic N) is 2. The average Bonchev–Trinajstić information content (AvgIpc) is 2.58. The fourth-order valence-electron chi connectivity index (χ4n) is 1.55. The average molecular weight is 339 g/mol. The molecule has 0 unspecified atom stereocenters. The molecule has 6 nitrogen and oxygen atoms in total. The quantitative estimate of drug-likeness (QED) is 0.391. The van der Waals surface area contributed by atoms with Crippen LogP contribution < -0.4 is 10.5 Å². The zero-order valence-electron chi connectivity index (χ0n) is 12.2. The number of ether oxygens (including phenoxy) is 1. The van der Waals surface area contributed by atoms with E-state index in [0.29, 0.717) is 5.56 Å². The number of nitrogens with two attached hydrogens (primary N) is 1. The van der Waals surface area contributed by atoms with Gasteiger partial charge in [0.15, 0.2) is 12.4 Å². The first-order valence-electron chi connectivity index (χ1n) is 6.61. The third-order valence-electron chi connectivity index (χ3n) is 2.65. The van der Waals surface area contributed by atoms with E-state index in [-0.39, 0.29) is 17.3 Å². The summed E-state index contributed by atoms with van der Waals surface area (Å²) < 4.78 is 40.5. The monoisotopic (exact) mass is 339 g/mol. The van der Waals surface area contributed by atoms with Crippen LogP contribution in [0.15, 0.2) is 53.8 Å².